The molecule has 0 aromatic heterocycles. The summed E-state index contributed by atoms with van der Waals surface area (Å²) in [4.78, 5) is 5.24. The zero-order valence-electron chi connectivity index (χ0n) is 25.2. The zero-order chi connectivity index (χ0) is 27.8. The third-order valence-corrected chi connectivity index (χ3v) is 9.00. The van der Waals surface area contributed by atoms with Gasteiger partial charge >= 0.3 is 0 Å². The topological polar surface area (TPSA) is 51.0 Å². The third kappa shape index (κ3) is 10.3. The molecular weight excluding hydrogens is 494 g/mol. The molecule has 2 aromatic carbocycles. The summed E-state index contributed by atoms with van der Waals surface area (Å²) in [6.07, 6.45) is 15.8. The summed E-state index contributed by atoms with van der Waals surface area (Å²) in [5, 5.41) is 0. The Morgan fingerprint density at radius 2 is 1.32 bits per heavy atom. The molecular formula is C35H55N3O2. The van der Waals surface area contributed by atoms with E-state index in [4.69, 9.17) is 15.2 Å². The summed E-state index contributed by atoms with van der Waals surface area (Å²) in [7, 11) is 0. The molecule has 0 atom stereocenters. The lowest BCUT2D eigenvalue weighted by atomic mass is 9.89. The second kappa shape index (κ2) is 17.5. The first-order valence-electron chi connectivity index (χ1n) is 16.4. The lowest BCUT2D eigenvalue weighted by Crippen LogP contribution is -2.35. The molecule has 2 fully saturated rings. The number of rotatable bonds is 17. The summed E-state index contributed by atoms with van der Waals surface area (Å²) < 4.78 is 11.6. The minimum absolute atomic E-state index is 0.553. The maximum absolute atomic E-state index is 5.99. The number of likely N-dealkylation sites (tertiary alicyclic amines) is 1. The third-order valence-electron chi connectivity index (χ3n) is 9.00. The van der Waals surface area contributed by atoms with Gasteiger partial charge in [-0.05, 0) is 118 Å². The summed E-state index contributed by atoms with van der Waals surface area (Å²) >= 11 is 0. The number of hydrogen-bond donors (Lipinski definition) is 1. The highest BCUT2D eigenvalue weighted by Gasteiger charge is 2.22. The fraction of sp³-hybridized carbons (Fsp3) is 0.657. The molecule has 2 saturated heterocycles. The molecule has 0 spiro atoms. The van der Waals surface area contributed by atoms with Crippen LogP contribution in [0.5, 0.6) is 11.5 Å². The van der Waals surface area contributed by atoms with Crippen LogP contribution in [0.3, 0.4) is 0 Å². The highest BCUT2D eigenvalue weighted by molar-refractivity contribution is 5.49. The minimum atomic E-state index is 0.553. The second-order valence-electron chi connectivity index (χ2n) is 12.0. The van der Waals surface area contributed by atoms with E-state index in [9.17, 15) is 0 Å². The highest BCUT2D eigenvalue weighted by atomic mass is 16.5. The van der Waals surface area contributed by atoms with E-state index < -0.39 is 0 Å². The summed E-state index contributed by atoms with van der Waals surface area (Å²) in [6.45, 7) is 10.3. The summed E-state index contributed by atoms with van der Waals surface area (Å²) in [6, 6.07) is 17.5. The molecule has 40 heavy (non-hydrogen) atoms. The Hall–Kier alpha value is -2.24. The quantitative estimate of drug-likeness (QED) is 0.206. The fourth-order valence-electron chi connectivity index (χ4n) is 6.41. The molecule has 2 heterocycles. The van der Waals surface area contributed by atoms with Crippen LogP contribution in [0.2, 0.25) is 0 Å². The van der Waals surface area contributed by atoms with Crippen LogP contribution in [0, 0.1) is 5.92 Å². The first-order valence-corrected chi connectivity index (χ1v) is 16.4. The maximum atomic E-state index is 5.99. The molecule has 4 rings (SSSR count). The van der Waals surface area contributed by atoms with Crippen LogP contribution < -0.4 is 20.1 Å². The van der Waals surface area contributed by atoms with E-state index in [1.807, 2.05) is 0 Å². The fourth-order valence-corrected chi connectivity index (χ4v) is 6.41. The van der Waals surface area contributed by atoms with Crippen LogP contribution in [-0.2, 0) is 0 Å². The zero-order valence-corrected chi connectivity index (χ0v) is 25.2. The Bertz CT molecular complexity index is 917. The van der Waals surface area contributed by atoms with E-state index in [0.717, 1.165) is 24.0 Å². The van der Waals surface area contributed by atoms with Gasteiger partial charge in [0.25, 0.3) is 0 Å². The largest absolute Gasteiger partial charge is 0.494 e. The van der Waals surface area contributed by atoms with Crippen molar-refractivity contribution in [3.8, 4) is 11.5 Å². The van der Waals surface area contributed by atoms with Gasteiger partial charge in [-0.1, -0.05) is 51.2 Å². The van der Waals surface area contributed by atoms with Crippen LogP contribution in [0.25, 0.3) is 0 Å². The smallest absolute Gasteiger partial charge is 0.119 e. The van der Waals surface area contributed by atoms with Gasteiger partial charge in [0.2, 0.25) is 0 Å². The number of unbranched alkanes of at least 4 members (excludes halogenated alkanes) is 5. The van der Waals surface area contributed by atoms with Crippen LogP contribution in [0.1, 0.15) is 95.5 Å². The summed E-state index contributed by atoms with van der Waals surface area (Å²) in [5.74, 6) is 3.53. The number of benzene rings is 2. The van der Waals surface area contributed by atoms with Crippen molar-refractivity contribution in [2.75, 3.05) is 57.4 Å². The monoisotopic (exact) mass is 549 g/mol. The van der Waals surface area contributed by atoms with Gasteiger partial charge in [-0.3, -0.25) is 0 Å². The maximum Gasteiger partial charge on any atom is 0.119 e. The first kappa shape index (κ1) is 30.7. The lowest BCUT2D eigenvalue weighted by Gasteiger charge is -2.35. The molecule has 0 radical (unpaired) electrons. The SMILES string of the molecule is CCCCCCCCOc1ccc(C2CCN(CCCC3CCN(c4ccc(OCCN)cc4)CC3)CC2)cc1. The number of piperidine rings is 2. The summed E-state index contributed by atoms with van der Waals surface area (Å²) in [5.41, 5.74) is 8.34. The molecule has 0 bridgehead atoms. The van der Waals surface area contributed by atoms with E-state index in [2.05, 4.69) is 65.3 Å². The van der Waals surface area contributed by atoms with Crippen molar-refractivity contribution in [2.24, 2.45) is 11.7 Å². The van der Waals surface area contributed by atoms with Gasteiger partial charge in [0.15, 0.2) is 0 Å². The Kier molecular flexibility index (Phi) is 13.5. The number of ether oxygens (including phenoxy) is 2. The number of hydrogen-bond acceptors (Lipinski definition) is 5. The standard InChI is InChI=1S/C35H55N3O2/c1-2-3-4-5-6-7-28-39-34-14-10-31(11-15-34)32-20-24-37(25-21-32)23-8-9-30-18-26-38(27-19-30)33-12-16-35(17-13-33)40-29-22-36/h10-17,30,32H,2-9,18-29,36H2,1H3. The van der Waals surface area contributed by atoms with Crippen molar-refractivity contribution < 1.29 is 9.47 Å². The highest BCUT2D eigenvalue weighted by Crippen LogP contribution is 2.31. The molecule has 222 valence electrons. The number of anilines is 1. The average Bonchev–Trinajstić information content (AvgIpc) is 3.01. The average molecular weight is 550 g/mol. The van der Waals surface area contributed by atoms with E-state index >= 15 is 0 Å². The Balaban J connectivity index is 1.05. The van der Waals surface area contributed by atoms with Crippen molar-refractivity contribution in [1.82, 2.24) is 4.90 Å². The molecule has 5 nitrogen and oxygen atoms in total. The van der Waals surface area contributed by atoms with E-state index in [0.29, 0.717) is 19.1 Å². The lowest BCUT2D eigenvalue weighted by molar-refractivity contribution is 0.202. The molecule has 0 amide bonds. The van der Waals surface area contributed by atoms with Gasteiger partial charge in [-0.15, -0.1) is 0 Å². The predicted octanol–water partition coefficient (Wildman–Crippen LogP) is 7.64. The van der Waals surface area contributed by atoms with Gasteiger partial charge in [-0.2, -0.15) is 0 Å². The van der Waals surface area contributed by atoms with Crippen LogP contribution in [0.15, 0.2) is 48.5 Å². The molecule has 2 N–H and O–H groups in total. The molecule has 2 aliphatic heterocycles. The van der Waals surface area contributed by atoms with Gasteiger partial charge in [0.05, 0.1) is 6.61 Å². The van der Waals surface area contributed by atoms with Gasteiger partial charge < -0.3 is 25.0 Å². The van der Waals surface area contributed by atoms with Gasteiger partial charge in [-0.25, -0.2) is 0 Å². The number of nitrogens with zero attached hydrogens (tertiary/aromatic N) is 2. The molecule has 0 unspecified atom stereocenters. The Morgan fingerprint density at radius 3 is 2.00 bits per heavy atom. The molecule has 5 heteroatoms. The predicted molar refractivity (Wildman–Crippen MR) is 169 cm³/mol. The van der Waals surface area contributed by atoms with E-state index in [1.165, 1.54) is 121 Å². The molecule has 2 aliphatic rings. The normalized spacial score (nSPS) is 17.3. The molecule has 0 saturated carbocycles. The molecule has 0 aliphatic carbocycles. The van der Waals surface area contributed by atoms with Crippen molar-refractivity contribution in [2.45, 2.75) is 89.9 Å². The second-order valence-corrected chi connectivity index (χ2v) is 12.0. The Labute approximate surface area is 244 Å². The van der Waals surface area contributed by atoms with Crippen LogP contribution in [-0.4, -0.2) is 57.4 Å². The van der Waals surface area contributed by atoms with E-state index in [-0.39, 0.29) is 0 Å². The van der Waals surface area contributed by atoms with E-state index in [1.54, 1.807) is 0 Å². The minimum Gasteiger partial charge on any atom is -0.494 e. The van der Waals surface area contributed by atoms with Gasteiger partial charge in [0, 0.05) is 25.3 Å². The van der Waals surface area contributed by atoms with Crippen LogP contribution in [0.4, 0.5) is 5.69 Å². The van der Waals surface area contributed by atoms with Crippen molar-refractivity contribution in [3.05, 3.63) is 54.1 Å². The van der Waals surface area contributed by atoms with Crippen LogP contribution >= 0.6 is 0 Å². The molecule has 2 aromatic rings. The Morgan fingerprint density at radius 1 is 0.700 bits per heavy atom. The first-order chi connectivity index (χ1) is 19.7. The number of nitrogens with two attached hydrogens (primary N) is 1. The van der Waals surface area contributed by atoms with Crippen molar-refractivity contribution >= 4 is 5.69 Å². The van der Waals surface area contributed by atoms with Gasteiger partial charge in [0.1, 0.15) is 18.1 Å². The van der Waals surface area contributed by atoms with Crippen molar-refractivity contribution in [1.29, 1.82) is 0 Å². The van der Waals surface area contributed by atoms with Crippen molar-refractivity contribution in [3.63, 3.8) is 0 Å².